The van der Waals surface area contributed by atoms with Crippen LogP contribution < -0.4 is 0 Å². The van der Waals surface area contributed by atoms with Crippen LogP contribution in [-0.4, -0.2) is 15.4 Å². The second-order valence-electron chi connectivity index (χ2n) is 6.39. The van der Waals surface area contributed by atoms with Gasteiger partial charge in [0, 0.05) is 0 Å². The summed E-state index contributed by atoms with van der Waals surface area (Å²) in [6, 6.07) is 0. The van der Waals surface area contributed by atoms with Gasteiger partial charge in [-0.3, -0.25) is 8.37 Å². The van der Waals surface area contributed by atoms with Gasteiger partial charge in [0.1, 0.15) is 0 Å². The average Bonchev–Trinajstić information content (AvgIpc) is 2.29. The van der Waals surface area contributed by atoms with E-state index in [0.29, 0.717) is 0 Å². The molecule has 0 aromatic rings. The van der Waals surface area contributed by atoms with Gasteiger partial charge >= 0.3 is 11.4 Å². The third-order valence-corrected chi connectivity index (χ3v) is 5.44. The fraction of sp³-hybridized carbons (Fsp3) is 1.00. The molecule has 2 aliphatic carbocycles. The fourth-order valence-corrected chi connectivity index (χ4v) is 4.14. The zero-order chi connectivity index (χ0) is 13.1. The normalized spacial score (nSPS) is 27.3. The third-order valence-electron chi connectivity index (χ3n) is 4.36. The van der Waals surface area contributed by atoms with Gasteiger partial charge in [-0.1, -0.05) is 38.5 Å². The predicted octanol–water partition coefficient (Wildman–Crippen LogP) is 4.04. The molecule has 2 saturated carbocycles. The Bertz CT molecular complexity index is 263. The summed E-state index contributed by atoms with van der Waals surface area (Å²) in [5.41, 5.74) is -0.484. The molecule has 0 unspecified atom stereocenters. The molecule has 0 heterocycles. The van der Waals surface area contributed by atoms with Gasteiger partial charge in [0.05, 0.1) is 11.2 Å². The maximum atomic E-state index is 12.1. The highest BCUT2D eigenvalue weighted by Crippen LogP contribution is 2.35. The SMILES string of the molecule is CC1(OS(=O)OC2(C)CCCCC2)CCCCC1. The lowest BCUT2D eigenvalue weighted by molar-refractivity contribution is 0.00677. The Morgan fingerprint density at radius 1 is 0.722 bits per heavy atom. The monoisotopic (exact) mass is 274 g/mol. The highest BCUT2D eigenvalue weighted by molar-refractivity contribution is 7.75. The van der Waals surface area contributed by atoms with Gasteiger partial charge in [-0.2, -0.15) is 4.21 Å². The van der Waals surface area contributed by atoms with Gasteiger partial charge in [0.2, 0.25) is 0 Å². The highest BCUT2D eigenvalue weighted by Gasteiger charge is 2.35. The Morgan fingerprint density at radius 2 is 1.06 bits per heavy atom. The van der Waals surface area contributed by atoms with Crippen LogP contribution in [0.4, 0.5) is 0 Å². The molecule has 18 heavy (non-hydrogen) atoms. The van der Waals surface area contributed by atoms with E-state index in [4.69, 9.17) is 8.37 Å². The van der Waals surface area contributed by atoms with Crippen LogP contribution in [0, 0.1) is 0 Å². The van der Waals surface area contributed by atoms with Crippen molar-refractivity contribution in [2.24, 2.45) is 0 Å². The largest absolute Gasteiger partial charge is 0.305 e. The molecule has 2 aliphatic rings. The Hall–Kier alpha value is 0.0700. The molecule has 0 bridgehead atoms. The van der Waals surface area contributed by atoms with E-state index in [9.17, 15) is 4.21 Å². The molecule has 3 nitrogen and oxygen atoms in total. The zero-order valence-corrected chi connectivity index (χ0v) is 12.5. The molecule has 4 heteroatoms. The summed E-state index contributed by atoms with van der Waals surface area (Å²) >= 11 is -1.59. The van der Waals surface area contributed by atoms with Crippen LogP contribution in [0.3, 0.4) is 0 Å². The molecule has 0 aliphatic heterocycles. The first kappa shape index (κ1) is 14.5. The van der Waals surface area contributed by atoms with Crippen molar-refractivity contribution in [2.45, 2.75) is 89.3 Å². The molecule has 0 spiro atoms. The summed E-state index contributed by atoms with van der Waals surface area (Å²) < 4.78 is 23.5. The molecule has 0 N–H and O–H groups in total. The molecular weight excluding hydrogens is 248 g/mol. The van der Waals surface area contributed by atoms with Crippen LogP contribution in [0.5, 0.6) is 0 Å². The van der Waals surface area contributed by atoms with Gasteiger partial charge in [-0.25, -0.2) is 0 Å². The summed E-state index contributed by atoms with van der Waals surface area (Å²) in [6.07, 6.45) is 11.2. The van der Waals surface area contributed by atoms with Crippen LogP contribution >= 0.6 is 0 Å². The summed E-state index contributed by atoms with van der Waals surface area (Å²) in [5.74, 6) is 0. The summed E-state index contributed by atoms with van der Waals surface area (Å²) in [5, 5.41) is 0. The maximum Gasteiger partial charge on any atom is 0.305 e. The Balaban J connectivity index is 1.83. The molecule has 2 fully saturated rings. The smallest absolute Gasteiger partial charge is 0.262 e. The van der Waals surface area contributed by atoms with Crippen molar-refractivity contribution in [3.63, 3.8) is 0 Å². The van der Waals surface area contributed by atoms with Crippen molar-refractivity contribution in [1.29, 1.82) is 0 Å². The molecule has 0 amide bonds. The molecule has 106 valence electrons. The first-order chi connectivity index (χ1) is 8.52. The first-order valence-corrected chi connectivity index (χ1v) is 8.32. The van der Waals surface area contributed by atoms with Crippen LogP contribution in [0.25, 0.3) is 0 Å². The Morgan fingerprint density at radius 3 is 1.39 bits per heavy atom. The minimum absolute atomic E-state index is 0.242. The fourth-order valence-electron chi connectivity index (χ4n) is 3.11. The maximum absolute atomic E-state index is 12.1. The summed E-state index contributed by atoms with van der Waals surface area (Å²) in [6.45, 7) is 4.13. The molecule has 0 atom stereocenters. The zero-order valence-electron chi connectivity index (χ0n) is 11.7. The third kappa shape index (κ3) is 4.04. The van der Waals surface area contributed by atoms with Crippen molar-refractivity contribution in [1.82, 2.24) is 0 Å². The molecular formula is C14H26O3S. The predicted molar refractivity (Wildman–Crippen MR) is 73.3 cm³/mol. The Kier molecular flexibility index (Phi) is 4.84. The molecule has 0 saturated heterocycles. The topological polar surface area (TPSA) is 35.5 Å². The van der Waals surface area contributed by atoms with Crippen LogP contribution in [0.1, 0.15) is 78.1 Å². The van der Waals surface area contributed by atoms with E-state index < -0.39 is 11.4 Å². The summed E-state index contributed by atoms with van der Waals surface area (Å²) in [7, 11) is 0. The molecule has 0 radical (unpaired) electrons. The summed E-state index contributed by atoms with van der Waals surface area (Å²) in [4.78, 5) is 0. The molecule has 0 aromatic carbocycles. The lowest BCUT2D eigenvalue weighted by atomic mass is 9.87. The quantitative estimate of drug-likeness (QED) is 0.776. The second kappa shape index (κ2) is 6.02. The lowest BCUT2D eigenvalue weighted by Gasteiger charge is -2.35. The van der Waals surface area contributed by atoms with E-state index >= 15 is 0 Å². The van der Waals surface area contributed by atoms with E-state index in [1.165, 1.54) is 38.5 Å². The van der Waals surface area contributed by atoms with Crippen molar-refractivity contribution in [2.75, 3.05) is 0 Å². The van der Waals surface area contributed by atoms with Crippen LogP contribution in [0.2, 0.25) is 0 Å². The van der Waals surface area contributed by atoms with Crippen molar-refractivity contribution in [3.8, 4) is 0 Å². The first-order valence-electron chi connectivity index (χ1n) is 7.32. The average molecular weight is 274 g/mol. The minimum Gasteiger partial charge on any atom is -0.262 e. The van der Waals surface area contributed by atoms with Gasteiger partial charge < -0.3 is 0 Å². The minimum atomic E-state index is -1.59. The Labute approximate surface area is 113 Å². The number of hydrogen-bond donors (Lipinski definition) is 0. The number of rotatable bonds is 4. The van der Waals surface area contributed by atoms with Crippen LogP contribution in [-0.2, 0) is 19.7 Å². The van der Waals surface area contributed by atoms with E-state index in [1.807, 2.05) is 0 Å². The van der Waals surface area contributed by atoms with Gasteiger partial charge in [0.15, 0.2) is 0 Å². The van der Waals surface area contributed by atoms with Gasteiger partial charge in [0.25, 0.3) is 0 Å². The van der Waals surface area contributed by atoms with E-state index in [2.05, 4.69) is 13.8 Å². The van der Waals surface area contributed by atoms with Gasteiger partial charge in [-0.05, 0) is 39.5 Å². The van der Waals surface area contributed by atoms with E-state index in [0.717, 1.165) is 25.7 Å². The van der Waals surface area contributed by atoms with Crippen molar-refractivity contribution < 1.29 is 12.6 Å². The molecule has 2 rings (SSSR count). The lowest BCUT2D eigenvalue weighted by Crippen LogP contribution is -2.37. The molecule has 0 aromatic heterocycles. The van der Waals surface area contributed by atoms with Crippen LogP contribution in [0.15, 0.2) is 0 Å². The second-order valence-corrected chi connectivity index (χ2v) is 7.13. The van der Waals surface area contributed by atoms with E-state index in [-0.39, 0.29) is 11.2 Å². The number of hydrogen-bond acceptors (Lipinski definition) is 3. The van der Waals surface area contributed by atoms with Gasteiger partial charge in [-0.15, -0.1) is 0 Å². The van der Waals surface area contributed by atoms with Crippen molar-refractivity contribution in [3.05, 3.63) is 0 Å². The van der Waals surface area contributed by atoms with E-state index in [1.54, 1.807) is 0 Å². The van der Waals surface area contributed by atoms with Crippen molar-refractivity contribution >= 4 is 11.4 Å². The standard InChI is InChI=1S/C14H26O3S/c1-13(9-5-3-6-10-13)16-18(15)17-14(2)11-7-4-8-12-14/h3-12H2,1-2H3. The highest BCUT2D eigenvalue weighted by atomic mass is 32.2.